The summed E-state index contributed by atoms with van der Waals surface area (Å²) in [6.07, 6.45) is 1.72. The first-order chi connectivity index (χ1) is 13.0. The number of nitrogens with one attached hydrogen (secondary N) is 2. The molecule has 27 heavy (non-hydrogen) atoms. The van der Waals surface area contributed by atoms with Crippen LogP contribution in [0, 0.1) is 6.92 Å². The molecule has 0 saturated carbocycles. The molecule has 0 aliphatic carbocycles. The highest BCUT2D eigenvalue weighted by Gasteiger charge is 2.14. The molecule has 4 rings (SSSR count). The van der Waals surface area contributed by atoms with Crippen LogP contribution in [0.25, 0.3) is 22.2 Å². The second kappa shape index (κ2) is 7.13. The molecule has 4 aromatic rings. The Balaban J connectivity index is 1.65. The van der Waals surface area contributed by atoms with Gasteiger partial charge in [-0.15, -0.1) is 0 Å². The number of aromatic nitrogens is 3. The first kappa shape index (κ1) is 17.7. The van der Waals surface area contributed by atoms with Gasteiger partial charge in [-0.1, -0.05) is 11.6 Å². The molecule has 3 heterocycles. The molecule has 0 aliphatic rings. The molecule has 0 aliphatic heterocycles. The van der Waals surface area contributed by atoms with Gasteiger partial charge in [-0.25, -0.2) is 9.97 Å². The highest BCUT2D eigenvalue weighted by atomic mass is 35.5. The normalized spacial score (nSPS) is 12.3. The van der Waals surface area contributed by atoms with Crippen molar-refractivity contribution in [1.82, 2.24) is 15.0 Å². The lowest BCUT2D eigenvalue weighted by molar-refractivity contribution is 0.845. The summed E-state index contributed by atoms with van der Waals surface area (Å²) in [7, 11) is 0. The molecule has 0 spiro atoms. The van der Waals surface area contributed by atoms with E-state index in [9.17, 15) is 4.79 Å². The average Bonchev–Trinajstić information content (AvgIpc) is 3.07. The molecule has 3 aromatic heterocycles. The Morgan fingerprint density at radius 1 is 1.22 bits per heavy atom. The minimum atomic E-state index is -0.268. The minimum Gasteiger partial charge on any atom is -0.347 e. The summed E-state index contributed by atoms with van der Waals surface area (Å²) in [6, 6.07) is 8.86. The van der Waals surface area contributed by atoms with E-state index < -0.39 is 0 Å². The maximum Gasteiger partial charge on any atom is 0.253 e. The number of aromatic amines is 1. The molecule has 0 saturated heterocycles. The van der Waals surface area contributed by atoms with Crippen molar-refractivity contribution >= 4 is 39.8 Å². The zero-order valence-electron chi connectivity index (χ0n) is 14.8. The van der Waals surface area contributed by atoms with Gasteiger partial charge in [-0.3, -0.25) is 4.79 Å². The number of nitrogens with zero attached hydrogens (tertiary/aromatic N) is 2. The van der Waals surface area contributed by atoms with E-state index in [1.807, 2.05) is 25.1 Å². The van der Waals surface area contributed by atoms with Crippen molar-refractivity contribution in [2.24, 2.45) is 0 Å². The molecule has 1 atom stereocenters. The zero-order valence-corrected chi connectivity index (χ0v) is 16.4. The zero-order chi connectivity index (χ0) is 19.0. The van der Waals surface area contributed by atoms with Gasteiger partial charge in [0.05, 0.1) is 11.7 Å². The smallest absolute Gasteiger partial charge is 0.253 e. The number of rotatable bonds is 4. The number of halogens is 1. The Morgan fingerprint density at radius 3 is 2.85 bits per heavy atom. The number of fused-ring (bicyclic) bond motifs is 1. The first-order valence-electron chi connectivity index (χ1n) is 8.46. The summed E-state index contributed by atoms with van der Waals surface area (Å²) in [4.78, 5) is 24.3. The van der Waals surface area contributed by atoms with Gasteiger partial charge in [0.15, 0.2) is 0 Å². The molecule has 1 unspecified atom stereocenters. The van der Waals surface area contributed by atoms with Crippen LogP contribution < -0.4 is 10.9 Å². The fraction of sp³-hybridized carbons (Fsp3) is 0.150. The number of thiophene rings is 1. The van der Waals surface area contributed by atoms with Crippen LogP contribution in [0.1, 0.15) is 24.1 Å². The second-order valence-electron chi connectivity index (χ2n) is 6.39. The van der Waals surface area contributed by atoms with Gasteiger partial charge in [-0.2, -0.15) is 11.3 Å². The summed E-state index contributed by atoms with van der Waals surface area (Å²) in [5.74, 6) is 0.483. The predicted molar refractivity (Wildman–Crippen MR) is 112 cm³/mol. The van der Waals surface area contributed by atoms with E-state index in [0.717, 1.165) is 22.2 Å². The van der Waals surface area contributed by atoms with Gasteiger partial charge in [0.2, 0.25) is 5.95 Å². The molecule has 0 radical (unpaired) electrons. The van der Waals surface area contributed by atoms with Gasteiger partial charge < -0.3 is 10.3 Å². The Hall–Kier alpha value is -2.70. The van der Waals surface area contributed by atoms with Gasteiger partial charge >= 0.3 is 0 Å². The maximum atomic E-state index is 12.5. The van der Waals surface area contributed by atoms with Crippen molar-refractivity contribution in [2.75, 3.05) is 5.32 Å². The monoisotopic (exact) mass is 396 g/mol. The average molecular weight is 397 g/mol. The van der Waals surface area contributed by atoms with E-state index in [0.29, 0.717) is 16.5 Å². The van der Waals surface area contributed by atoms with Crippen molar-refractivity contribution in [3.63, 3.8) is 0 Å². The van der Waals surface area contributed by atoms with E-state index in [-0.39, 0.29) is 11.6 Å². The van der Waals surface area contributed by atoms with Crippen LogP contribution in [0.5, 0.6) is 0 Å². The van der Waals surface area contributed by atoms with Crippen molar-refractivity contribution < 1.29 is 0 Å². The summed E-state index contributed by atoms with van der Waals surface area (Å²) < 4.78 is 0. The van der Waals surface area contributed by atoms with Crippen LogP contribution in [0.2, 0.25) is 5.02 Å². The summed E-state index contributed by atoms with van der Waals surface area (Å²) >= 11 is 7.72. The quantitative estimate of drug-likeness (QED) is 0.498. The van der Waals surface area contributed by atoms with Gasteiger partial charge in [0, 0.05) is 38.6 Å². The predicted octanol–water partition coefficient (Wildman–Crippen LogP) is 5.18. The number of H-pyrrole nitrogens is 1. The molecule has 136 valence electrons. The molecule has 5 nitrogen and oxygen atoms in total. The lowest BCUT2D eigenvalue weighted by Crippen LogP contribution is -2.20. The molecule has 7 heteroatoms. The van der Waals surface area contributed by atoms with E-state index in [2.05, 4.69) is 38.0 Å². The highest BCUT2D eigenvalue weighted by molar-refractivity contribution is 7.08. The van der Waals surface area contributed by atoms with Crippen molar-refractivity contribution in [2.45, 2.75) is 19.9 Å². The molecular formula is C20H17ClN4OS. The van der Waals surface area contributed by atoms with Crippen molar-refractivity contribution in [3.05, 3.63) is 73.8 Å². The molecular weight excluding hydrogens is 380 g/mol. The van der Waals surface area contributed by atoms with Crippen LogP contribution >= 0.6 is 22.9 Å². The Bertz CT molecular complexity index is 1180. The van der Waals surface area contributed by atoms with E-state index in [1.165, 1.54) is 5.56 Å². The van der Waals surface area contributed by atoms with Crippen LogP contribution in [-0.4, -0.2) is 15.0 Å². The fourth-order valence-electron chi connectivity index (χ4n) is 2.99. The van der Waals surface area contributed by atoms with Crippen molar-refractivity contribution in [1.29, 1.82) is 0 Å². The number of anilines is 1. The number of hydrogen-bond acceptors (Lipinski definition) is 5. The summed E-state index contributed by atoms with van der Waals surface area (Å²) in [6.45, 7) is 3.97. The van der Waals surface area contributed by atoms with Crippen LogP contribution in [-0.2, 0) is 0 Å². The number of hydrogen-bond donors (Lipinski definition) is 2. The molecule has 1 aromatic carbocycles. The second-order valence-corrected chi connectivity index (χ2v) is 7.57. The number of pyridine rings is 1. The van der Waals surface area contributed by atoms with Crippen LogP contribution in [0.3, 0.4) is 0 Å². The molecule has 2 N–H and O–H groups in total. The Kier molecular flexibility index (Phi) is 4.68. The lowest BCUT2D eigenvalue weighted by atomic mass is 10.1. The van der Waals surface area contributed by atoms with Gasteiger partial charge in [0.1, 0.15) is 0 Å². The summed E-state index contributed by atoms with van der Waals surface area (Å²) in [5, 5.41) is 8.90. The van der Waals surface area contributed by atoms with E-state index in [4.69, 9.17) is 11.6 Å². The third-order valence-corrected chi connectivity index (χ3v) is 5.53. The lowest BCUT2D eigenvalue weighted by Gasteiger charge is -2.14. The fourth-order valence-corrected chi connectivity index (χ4v) is 4.01. The Morgan fingerprint density at radius 2 is 2.07 bits per heavy atom. The van der Waals surface area contributed by atoms with Crippen molar-refractivity contribution in [3.8, 4) is 11.3 Å². The van der Waals surface area contributed by atoms with E-state index in [1.54, 1.807) is 29.7 Å². The Labute approximate surface area is 165 Å². The van der Waals surface area contributed by atoms with Crippen LogP contribution in [0.4, 0.5) is 5.95 Å². The van der Waals surface area contributed by atoms with Crippen LogP contribution in [0.15, 0.2) is 52.1 Å². The SMILES string of the molecule is Cc1cscc1-c1ccnc(NC(C)c2cc3cc(Cl)ccc3[nH]c2=O)n1. The van der Waals surface area contributed by atoms with Gasteiger partial charge in [0.25, 0.3) is 5.56 Å². The van der Waals surface area contributed by atoms with Gasteiger partial charge in [-0.05, 0) is 55.1 Å². The largest absolute Gasteiger partial charge is 0.347 e. The summed E-state index contributed by atoms with van der Waals surface area (Å²) in [5.41, 5.74) is 4.35. The number of benzene rings is 1. The number of aryl methyl sites for hydroxylation is 1. The molecule has 0 fully saturated rings. The molecule has 0 bridgehead atoms. The third-order valence-electron chi connectivity index (χ3n) is 4.43. The maximum absolute atomic E-state index is 12.5. The minimum absolute atomic E-state index is 0.144. The standard InChI is InChI=1S/C20H17ClN4OS/c1-11-9-27-10-16(11)18-5-6-22-20(25-18)23-12(2)15-8-13-7-14(21)3-4-17(13)24-19(15)26/h3-10,12H,1-2H3,(H,24,26)(H,22,23,25). The topological polar surface area (TPSA) is 70.7 Å². The third kappa shape index (κ3) is 3.59. The highest BCUT2D eigenvalue weighted by Crippen LogP contribution is 2.26. The first-order valence-corrected chi connectivity index (χ1v) is 9.78. The van der Waals surface area contributed by atoms with E-state index >= 15 is 0 Å². The molecule has 0 amide bonds.